The Morgan fingerprint density at radius 3 is 2.89 bits per heavy atom. The molecule has 1 aliphatic heterocycles. The van der Waals surface area contributed by atoms with E-state index in [0.717, 1.165) is 49.4 Å². The Labute approximate surface area is 172 Å². The van der Waals surface area contributed by atoms with E-state index in [0.29, 0.717) is 12.5 Å². The Kier molecular flexibility index (Phi) is 6.97. The van der Waals surface area contributed by atoms with Crippen LogP contribution in [0.15, 0.2) is 24.4 Å². The molecule has 2 heterocycles. The van der Waals surface area contributed by atoms with Crippen LogP contribution < -0.4 is 15.4 Å². The van der Waals surface area contributed by atoms with Crippen molar-refractivity contribution in [2.45, 2.75) is 51.1 Å². The van der Waals surface area contributed by atoms with E-state index in [9.17, 15) is 4.79 Å². The van der Waals surface area contributed by atoms with Crippen molar-refractivity contribution in [1.29, 1.82) is 0 Å². The Hall–Kier alpha value is -2.05. The van der Waals surface area contributed by atoms with Crippen molar-refractivity contribution < 1.29 is 9.53 Å². The van der Waals surface area contributed by atoms with Crippen molar-refractivity contribution in [3.63, 3.8) is 0 Å². The molecule has 152 valence electrons. The second-order valence-corrected chi connectivity index (χ2v) is 7.52. The largest absolute Gasteiger partial charge is 0.496 e. The molecule has 1 fully saturated rings. The maximum absolute atomic E-state index is 12.5. The van der Waals surface area contributed by atoms with E-state index in [1.807, 2.05) is 10.7 Å². The monoisotopic (exact) mass is 404 g/mol. The average molecular weight is 405 g/mol. The molecule has 1 atom stereocenters. The van der Waals surface area contributed by atoms with Gasteiger partial charge in [-0.1, -0.05) is 6.07 Å². The Bertz CT molecular complexity index is 815. The number of nitrogens with zero attached hydrogens (tertiary/aromatic N) is 2. The van der Waals surface area contributed by atoms with Gasteiger partial charge in [-0.25, -0.2) is 0 Å². The van der Waals surface area contributed by atoms with E-state index in [1.165, 1.54) is 24.0 Å². The summed E-state index contributed by atoms with van der Waals surface area (Å²) in [6.45, 7) is 2.77. The molecule has 2 N–H and O–H groups in total. The lowest BCUT2D eigenvalue weighted by Crippen LogP contribution is -2.32. The molecule has 1 aromatic heterocycles. The van der Waals surface area contributed by atoms with E-state index in [2.05, 4.69) is 27.9 Å². The predicted octanol–water partition coefficient (Wildman–Crippen LogP) is 2.59. The molecule has 2 aromatic rings. The number of rotatable bonds is 6. The van der Waals surface area contributed by atoms with E-state index in [4.69, 9.17) is 4.74 Å². The van der Waals surface area contributed by atoms with Gasteiger partial charge in [0.25, 0.3) is 0 Å². The van der Waals surface area contributed by atoms with Gasteiger partial charge in [-0.15, -0.1) is 12.4 Å². The number of hydrogen-bond acceptors (Lipinski definition) is 4. The smallest absolute Gasteiger partial charge is 0.242 e. The van der Waals surface area contributed by atoms with Crippen LogP contribution in [0.2, 0.25) is 0 Å². The number of benzene rings is 1. The Morgan fingerprint density at radius 2 is 2.14 bits per heavy atom. The normalized spacial score (nSPS) is 18.2. The summed E-state index contributed by atoms with van der Waals surface area (Å²) in [5, 5.41) is 10.8. The van der Waals surface area contributed by atoms with Crippen molar-refractivity contribution in [3.05, 3.63) is 46.8 Å². The minimum atomic E-state index is -0.0220. The topological polar surface area (TPSA) is 68.2 Å². The molecule has 1 aliphatic carbocycles. The van der Waals surface area contributed by atoms with E-state index < -0.39 is 0 Å². The first-order valence-electron chi connectivity index (χ1n) is 9.92. The summed E-state index contributed by atoms with van der Waals surface area (Å²) < 4.78 is 7.37. The molecular weight excluding hydrogens is 376 g/mol. The quantitative estimate of drug-likeness (QED) is 0.776. The number of piperidine rings is 1. The first-order valence-corrected chi connectivity index (χ1v) is 9.92. The standard InChI is InChI=1S/C21H28N4O2.ClH/c1-27-20-11-16-5-2-4-15(16)10-18(20)13-23-21(26)14-25-19(7-9-24-25)17-6-3-8-22-12-17;/h7,9-11,17,22H,2-6,8,12-14H2,1H3,(H,23,26);1H. The van der Waals surface area contributed by atoms with Gasteiger partial charge in [0.05, 0.1) is 7.11 Å². The molecule has 1 unspecified atom stereocenters. The van der Waals surface area contributed by atoms with Gasteiger partial charge < -0.3 is 15.4 Å². The molecule has 2 aliphatic rings. The summed E-state index contributed by atoms with van der Waals surface area (Å²) in [4.78, 5) is 12.5. The Balaban J connectivity index is 0.00000225. The van der Waals surface area contributed by atoms with Crippen LogP contribution in [0.25, 0.3) is 0 Å². The van der Waals surface area contributed by atoms with Gasteiger partial charge in [-0.05, 0) is 61.9 Å². The number of aromatic nitrogens is 2. The fourth-order valence-electron chi connectivity index (χ4n) is 4.29. The molecule has 7 heteroatoms. The number of carbonyl (C=O) groups is 1. The first kappa shape index (κ1) is 20.7. The highest BCUT2D eigenvalue weighted by Gasteiger charge is 2.20. The van der Waals surface area contributed by atoms with Crippen LogP contribution in [-0.2, 0) is 30.7 Å². The van der Waals surface area contributed by atoms with Gasteiger partial charge in [-0.2, -0.15) is 5.10 Å². The van der Waals surface area contributed by atoms with Gasteiger partial charge in [-0.3, -0.25) is 9.48 Å². The van der Waals surface area contributed by atoms with Gasteiger partial charge in [0, 0.05) is 36.5 Å². The molecule has 1 aromatic carbocycles. The van der Waals surface area contributed by atoms with Gasteiger partial charge in [0.2, 0.25) is 5.91 Å². The summed E-state index contributed by atoms with van der Waals surface area (Å²) >= 11 is 0. The summed E-state index contributed by atoms with van der Waals surface area (Å²) in [5.41, 5.74) is 4.96. The number of halogens is 1. The highest BCUT2D eigenvalue weighted by molar-refractivity contribution is 5.85. The number of carbonyl (C=O) groups excluding carboxylic acids is 1. The molecule has 28 heavy (non-hydrogen) atoms. The number of hydrogen-bond donors (Lipinski definition) is 2. The third-order valence-corrected chi connectivity index (χ3v) is 5.73. The minimum absolute atomic E-state index is 0. The van der Waals surface area contributed by atoms with E-state index in [1.54, 1.807) is 13.3 Å². The summed E-state index contributed by atoms with van der Waals surface area (Å²) in [7, 11) is 1.69. The first-order chi connectivity index (χ1) is 13.2. The molecule has 0 saturated carbocycles. The molecule has 6 nitrogen and oxygen atoms in total. The number of methoxy groups -OCH3 is 1. The number of aryl methyl sites for hydroxylation is 2. The summed E-state index contributed by atoms with van der Waals surface area (Å²) in [6, 6.07) is 6.36. The molecule has 0 bridgehead atoms. The van der Waals surface area contributed by atoms with Crippen LogP contribution in [0.1, 0.15) is 47.6 Å². The van der Waals surface area contributed by atoms with Gasteiger partial charge in [0.15, 0.2) is 0 Å². The second kappa shape index (κ2) is 9.43. The van der Waals surface area contributed by atoms with Crippen LogP contribution in [0.4, 0.5) is 0 Å². The van der Waals surface area contributed by atoms with E-state index in [-0.39, 0.29) is 24.9 Å². The van der Waals surface area contributed by atoms with Gasteiger partial charge in [0.1, 0.15) is 12.3 Å². The number of fused-ring (bicyclic) bond motifs is 1. The zero-order valence-electron chi connectivity index (χ0n) is 16.4. The van der Waals surface area contributed by atoms with Crippen LogP contribution in [0.5, 0.6) is 5.75 Å². The second-order valence-electron chi connectivity index (χ2n) is 7.52. The molecular formula is C21H29ClN4O2. The highest BCUT2D eigenvalue weighted by Crippen LogP contribution is 2.30. The molecule has 1 amide bonds. The third-order valence-electron chi connectivity index (χ3n) is 5.73. The van der Waals surface area contributed by atoms with E-state index >= 15 is 0 Å². The Morgan fingerprint density at radius 1 is 1.32 bits per heavy atom. The zero-order valence-corrected chi connectivity index (χ0v) is 17.2. The lowest BCUT2D eigenvalue weighted by Gasteiger charge is -2.23. The lowest BCUT2D eigenvalue weighted by atomic mass is 9.96. The van der Waals surface area contributed by atoms with Crippen LogP contribution in [-0.4, -0.2) is 35.9 Å². The van der Waals surface area contributed by atoms with Crippen LogP contribution >= 0.6 is 12.4 Å². The average Bonchev–Trinajstić information content (AvgIpc) is 3.35. The predicted molar refractivity (Wildman–Crippen MR) is 111 cm³/mol. The van der Waals surface area contributed by atoms with Crippen molar-refractivity contribution in [2.24, 2.45) is 0 Å². The number of nitrogens with one attached hydrogen (secondary N) is 2. The maximum Gasteiger partial charge on any atom is 0.242 e. The fraction of sp³-hybridized carbons (Fsp3) is 0.524. The van der Waals surface area contributed by atoms with Crippen molar-refractivity contribution in [3.8, 4) is 5.75 Å². The fourth-order valence-corrected chi connectivity index (χ4v) is 4.29. The number of ether oxygens (including phenoxy) is 1. The van der Waals surface area contributed by atoms with Crippen LogP contribution in [0.3, 0.4) is 0 Å². The van der Waals surface area contributed by atoms with Crippen LogP contribution in [0, 0.1) is 0 Å². The molecule has 1 saturated heterocycles. The van der Waals surface area contributed by atoms with Crippen molar-refractivity contribution >= 4 is 18.3 Å². The zero-order chi connectivity index (χ0) is 18.6. The summed E-state index contributed by atoms with van der Waals surface area (Å²) in [5.74, 6) is 1.28. The molecule has 4 rings (SSSR count). The van der Waals surface area contributed by atoms with Crippen molar-refractivity contribution in [1.82, 2.24) is 20.4 Å². The number of amides is 1. The lowest BCUT2D eigenvalue weighted by molar-refractivity contribution is -0.122. The molecule has 0 spiro atoms. The van der Waals surface area contributed by atoms with Gasteiger partial charge >= 0.3 is 0 Å². The minimum Gasteiger partial charge on any atom is -0.496 e. The maximum atomic E-state index is 12.5. The third kappa shape index (κ3) is 4.50. The summed E-state index contributed by atoms with van der Waals surface area (Å²) in [6.07, 6.45) is 7.54. The molecule has 0 radical (unpaired) electrons. The SMILES string of the molecule is COc1cc2c(cc1CNC(=O)Cn1nccc1C1CCCNC1)CCC2.Cl. The van der Waals surface area contributed by atoms with Crippen molar-refractivity contribution in [2.75, 3.05) is 20.2 Å². The highest BCUT2D eigenvalue weighted by atomic mass is 35.5.